The fourth-order valence-corrected chi connectivity index (χ4v) is 2.76. The Morgan fingerprint density at radius 2 is 1.96 bits per heavy atom. The van der Waals surface area contributed by atoms with Crippen LogP contribution in [0.2, 0.25) is 0 Å². The van der Waals surface area contributed by atoms with Gasteiger partial charge in [0.25, 0.3) is 5.95 Å². The van der Waals surface area contributed by atoms with E-state index in [0.717, 1.165) is 24.3 Å². The summed E-state index contributed by atoms with van der Waals surface area (Å²) >= 11 is 0. The summed E-state index contributed by atoms with van der Waals surface area (Å²) in [5.74, 6) is -0.997. The second-order valence-electron chi connectivity index (χ2n) is 5.97. The Balaban J connectivity index is 2.38. The molecule has 0 aliphatic rings. The number of aromatic nitrogens is 2. The maximum atomic E-state index is 10.9. The molecule has 144 valence electrons. The lowest BCUT2D eigenvalue weighted by Crippen LogP contribution is -2.21. The van der Waals surface area contributed by atoms with E-state index in [1.54, 1.807) is 0 Å². The number of aryl methyl sites for hydroxylation is 1. The Morgan fingerprint density at radius 1 is 1.25 bits per heavy atom. The van der Waals surface area contributed by atoms with Crippen molar-refractivity contribution in [3.05, 3.63) is 35.2 Å². The molecule has 28 heavy (non-hydrogen) atoms. The van der Waals surface area contributed by atoms with Gasteiger partial charge in [0.2, 0.25) is 0 Å². The molecule has 0 fully saturated rings. The molecule has 2 aromatic rings. The number of aliphatic carboxylic acids is 1. The highest BCUT2D eigenvalue weighted by atomic mass is 16.4. The number of rotatable bonds is 8. The summed E-state index contributed by atoms with van der Waals surface area (Å²) in [7, 11) is 0. The highest BCUT2D eigenvalue weighted by Crippen LogP contribution is 2.27. The molecular formula is C19H21N7O2. The second-order valence-corrected chi connectivity index (χ2v) is 5.97. The van der Waals surface area contributed by atoms with Crippen LogP contribution in [0.15, 0.2) is 28.4 Å². The van der Waals surface area contributed by atoms with Crippen molar-refractivity contribution in [1.82, 2.24) is 9.55 Å². The van der Waals surface area contributed by atoms with Crippen molar-refractivity contribution in [1.29, 1.82) is 10.5 Å². The first-order chi connectivity index (χ1) is 13.4. The zero-order valence-electron chi connectivity index (χ0n) is 16.0. The molecule has 0 aliphatic heterocycles. The topological polar surface area (TPSA) is 131 Å². The maximum Gasteiger partial charge on any atom is 0.305 e. The lowest BCUT2D eigenvalue weighted by Gasteiger charge is -2.21. The van der Waals surface area contributed by atoms with Gasteiger partial charge in [-0.3, -0.25) is 9.36 Å². The minimum Gasteiger partial charge on any atom is -0.481 e. The normalized spacial score (nSPS) is 10.6. The summed E-state index contributed by atoms with van der Waals surface area (Å²) in [6.45, 7) is 7.85. The van der Waals surface area contributed by atoms with Gasteiger partial charge in [-0.15, -0.1) is 10.2 Å². The molecule has 1 N–H and O–H groups in total. The summed E-state index contributed by atoms with van der Waals surface area (Å²) in [6, 6.07) is 9.51. The van der Waals surface area contributed by atoms with Gasteiger partial charge in [-0.2, -0.15) is 15.5 Å². The lowest BCUT2D eigenvalue weighted by molar-refractivity contribution is -0.137. The first-order valence-electron chi connectivity index (χ1n) is 8.84. The van der Waals surface area contributed by atoms with Gasteiger partial charge in [-0.1, -0.05) is 0 Å². The smallest absolute Gasteiger partial charge is 0.305 e. The Labute approximate surface area is 163 Å². The Bertz CT molecular complexity index is 975. The van der Waals surface area contributed by atoms with Gasteiger partial charge >= 0.3 is 5.97 Å². The monoisotopic (exact) mass is 379 g/mol. The molecule has 2 rings (SSSR count). The zero-order valence-corrected chi connectivity index (χ0v) is 16.0. The first-order valence-corrected chi connectivity index (χ1v) is 8.84. The minimum absolute atomic E-state index is 0.0219. The minimum atomic E-state index is -1.03. The number of nitriles is 2. The molecule has 0 amide bonds. The SMILES string of the molecule is CCN(CC)c1ccc(/N=N/c2nc(C#N)c(C#N)n2CCC(=O)O)c(C)c1. The van der Waals surface area contributed by atoms with Gasteiger partial charge in [0.15, 0.2) is 11.4 Å². The third-order valence-electron chi connectivity index (χ3n) is 4.26. The van der Waals surface area contributed by atoms with Crippen molar-refractivity contribution in [2.75, 3.05) is 18.0 Å². The Morgan fingerprint density at radius 3 is 2.50 bits per heavy atom. The van der Waals surface area contributed by atoms with Gasteiger partial charge in [0.05, 0.1) is 12.1 Å². The molecule has 0 aliphatic carbocycles. The van der Waals surface area contributed by atoms with E-state index in [1.165, 1.54) is 4.57 Å². The van der Waals surface area contributed by atoms with E-state index in [-0.39, 0.29) is 30.3 Å². The number of anilines is 1. The Kier molecular flexibility index (Phi) is 6.83. The fraction of sp³-hybridized carbons (Fsp3) is 0.368. The number of hydrogen-bond acceptors (Lipinski definition) is 7. The van der Waals surface area contributed by atoms with E-state index in [2.05, 4.69) is 34.0 Å². The van der Waals surface area contributed by atoms with Crippen molar-refractivity contribution < 1.29 is 9.90 Å². The number of benzene rings is 1. The van der Waals surface area contributed by atoms with Crippen molar-refractivity contribution in [2.45, 2.75) is 33.7 Å². The van der Waals surface area contributed by atoms with Gasteiger partial charge in [0.1, 0.15) is 12.1 Å². The summed E-state index contributed by atoms with van der Waals surface area (Å²) in [4.78, 5) is 17.1. The van der Waals surface area contributed by atoms with E-state index >= 15 is 0 Å². The van der Waals surface area contributed by atoms with Crippen LogP contribution < -0.4 is 4.90 Å². The van der Waals surface area contributed by atoms with Gasteiger partial charge in [0, 0.05) is 25.3 Å². The molecular weight excluding hydrogens is 358 g/mol. The average Bonchev–Trinajstić information content (AvgIpc) is 3.03. The zero-order chi connectivity index (χ0) is 20.7. The van der Waals surface area contributed by atoms with E-state index in [0.29, 0.717) is 5.69 Å². The van der Waals surface area contributed by atoms with Gasteiger partial charge in [-0.25, -0.2) is 0 Å². The van der Waals surface area contributed by atoms with Crippen LogP contribution in [-0.2, 0) is 11.3 Å². The van der Waals surface area contributed by atoms with Crippen LogP contribution in [0.25, 0.3) is 0 Å². The van der Waals surface area contributed by atoms with Crippen LogP contribution in [-0.4, -0.2) is 33.7 Å². The van der Waals surface area contributed by atoms with E-state index < -0.39 is 5.97 Å². The first kappa shape index (κ1) is 20.6. The fourth-order valence-electron chi connectivity index (χ4n) is 2.76. The molecule has 0 radical (unpaired) electrons. The number of imidazole rings is 1. The Hall–Kier alpha value is -3.72. The van der Waals surface area contributed by atoms with Crippen LogP contribution in [0.5, 0.6) is 0 Å². The summed E-state index contributed by atoms with van der Waals surface area (Å²) in [5, 5.41) is 35.6. The highest BCUT2D eigenvalue weighted by Gasteiger charge is 2.17. The third kappa shape index (κ3) is 4.51. The lowest BCUT2D eigenvalue weighted by atomic mass is 10.1. The van der Waals surface area contributed by atoms with E-state index in [1.807, 2.05) is 37.3 Å². The maximum absolute atomic E-state index is 10.9. The predicted octanol–water partition coefficient (Wildman–Crippen LogP) is 3.67. The van der Waals surface area contributed by atoms with Crippen LogP contribution in [0.1, 0.15) is 37.2 Å². The second kappa shape index (κ2) is 9.28. The van der Waals surface area contributed by atoms with Crippen molar-refractivity contribution in [3.63, 3.8) is 0 Å². The summed E-state index contributed by atoms with van der Waals surface area (Å²) in [5.41, 5.74) is 2.50. The van der Waals surface area contributed by atoms with Crippen molar-refractivity contribution >= 4 is 23.3 Å². The predicted molar refractivity (Wildman–Crippen MR) is 103 cm³/mol. The number of hydrogen-bond donors (Lipinski definition) is 1. The van der Waals surface area contributed by atoms with E-state index in [9.17, 15) is 10.1 Å². The average molecular weight is 379 g/mol. The molecule has 0 saturated carbocycles. The molecule has 0 bridgehead atoms. The standard InChI is InChI=1S/C19H21N7O2/c1-4-25(5-2)14-6-7-15(13(3)10-14)23-24-19-22-16(11-20)17(12-21)26(19)9-8-18(27)28/h6-7,10H,4-5,8-9H2,1-3H3,(H,27,28)/b24-23+. The van der Waals surface area contributed by atoms with E-state index in [4.69, 9.17) is 10.4 Å². The molecule has 0 saturated heterocycles. The molecule has 1 heterocycles. The van der Waals surface area contributed by atoms with Crippen LogP contribution in [0.3, 0.4) is 0 Å². The molecule has 0 unspecified atom stereocenters. The number of carboxylic acid groups (broad SMARTS) is 1. The van der Waals surface area contributed by atoms with Crippen LogP contribution >= 0.6 is 0 Å². The van der Waals surface area contributed by atoms with Crippen LogP contribution in [0.4, 0.5) is 17.3 Å². The van der Waals surface area contributed by atoms with Crippen molar-refractivity contribution in [3.8, 4) is 12.1 Å². The molecule has 0 atom stereocenters. The molecule has 1 aromatic heterocycles. The number of nitrogens with zero attached hydrogens (tertiary/aromatic N) is 7. The highest BCUT2D eigenvalue weighted by molar-refractivity contribution is 5.66. The summed E-state index contributed by atoms with van der Waals surface area (Å²) in [6.07, 6.45) is -0.226. The third-order valence-corrected chi connectivity index (χ3v) is 4.26. The largest absolute Gasteiger partial charge is 0.481 e. The summed E-state index contributed by atoms with van der Waals surface area (Å²) < 4.78 is 1.30. The molecule has 9 nitrogen and oxygen atoms in total. The van der Waals surface area contributed by atoms with Crippen molar-refractivity contribution in [2.24, 2.45) is 10.2 Å². The number of azo groups is 1. The number of carbonyl (C=O) groups is 1. The van der Waals surface area contributed by atoms with Gasteiger partial charge < -0.3 is 10.0 Å². The number of carboxylic acids is 1. The molecule has 1 aromatic carbocycles. The molecule has 9 heteroatoms. The van der Waals surface area contributed by atoms with Crippen LogP contribution in [0, 0.1) is 29.6 Å². The van der Waals surface area contributed by atoms with Gasteiger partial charge in [-0.05, 0) is 44.5 Å². The molecule has 0 spiro atoms. The quantitative estimate of drug-likeness (QED) is 0.696.